The Labute approximate surface area is 90.3 Å². The summed E-state index contributed by atoms with van der Waals surface area (Å²) in [5, 5.41) is 0. The minimum atomic E-state index is -0.924. The first kappa shape index (κ1) is 11.6. The Balaban J connectivity index is 3.16. The fourth-order valence-corrected chi connectivity index (χ4v) is 1.32. The van der Waals surface area contributed by atoms with E-state index >= 15 is 0 Å². The highest BCUT2D eigenvalue weighted by atomic mass is 16.2. The van der Waals surface area contributed by atoms with Gasteiger partial charge in [-0.3, -0.25) is 9.59 Å². The molecule has 0 atom stereocenters. The predicted molar refractivity (Wildman–Crippen MR) is 60.0 cm³/mol. The van der Waals surface area contributed by atoms with Gasteiger partial charge in [0.1, 0.15) is 5.78 Å². The summed E-state index contributed by atoms with van der Waals surface area (Å²) in [5.74, 6) is -0.205. The van der Waals surface area contributed by atoms with E-state index in [2.05, 4.69) is 0 Å². The summed E-state index contributed by atoms with van der Waals surface area (Å²) < 4.78 is 0. The van der Waals surface area contributed by atoms with E-state index in [4.69, 9.17) is 0 Å². The zero-order valence-electron chi connectivity index (χ0n) is 9.63. The molecule has 0 aliphatic rings. The van der Waals surface area contributed by atoms with Crippen LogP contribution < -0.4 is 0 Å². The summed E-state index contributed by atoms with van der Waals surface area (Å²) in [6.45, 7) is 6.67. The van der Waals surface area contributed by atoms with Crippen molar-refractivity contribution in [2.24, 2.45) is 5.41 Å². The summed E-state index contributed by atoms with van der Waals surface area (Å²) in [6.07, 6.45) is 0. The lowest BCUT2D eigenvalue weighted by Gasteiger charge is -2.20. The van der Waals surface area contributed by atoms with Crippen molar-refractivity contribution in [2.75, 3.05) is 0 Å². The fraction of sp³-hybridized carbons (Fsp3) is 0.385. The number of aryl methyl sites for hydroxylation is 1. The number of Topliss-reactive ketones (excluding diaryl/α,β-unsaturated/α-hetero) is 2. The van der Waals surface area contributed by atoms with Crippen LogP contribution in [0.2, 0.25) is 0 Å². The van der Waals surface area contributed by atoms with E-state index < -0.39 is 5.41 Å². The van der Waals surface area contributed by atoms with Gasteiger partial charge in [-0.05, 0) is 33.3 Å². The van der Waals surface area contributed by atoms with Crippen LogP contribution in [0.4, 0.5) is 0 Å². The Bertz CT molecular complexity index is 403. The number of benzene rings is 1. The summed E-state index contributed by atoms with van der Waals surface area (Å²) in [7, 11) is 0. The molecule has 1 aromatic carbocycles. The van der Waals surface area contributed by atoms with Gasteiger partial charge in [0, 0.05) is 5.56 Å². The van der Waals surface area contributed by atoms with Crippen LogP contribution in [0.3, 0.4) is 0 Å². The molecule has 0 bridgehead atoms. The third-order valence-electron chi connectivity index (χ3n) is 2.84. The van der Waals surface area contributed by atoms with Gasteiger partial charge in [-0.25, -0.2) is 0 Å². The van der Waals surface area contributed by atoms with Gasteiger partial charge in [-0.1, -0.05) is 24.3 Å². The van der Waals surface area contributed by atoms with Gasteiger partial charge in [0.15, 0.2) is 5.78 Å². The molecule has 0 amide bonds. The van der Waals surface area contributed by atoms with Crippen molar-refractivity contribution in [1.29, 1.82) is 0 Å². The third kappa shape index (κ3) is 2.14. The van der Waals surface area contributed by atoms with E-state index in [9.17, 15) is 9.59 Å². The molecule has 0 saturated heterocycles. The van der Waals surface area contributed by atoms with Gasteiger partial charge >= 0.3 is 0 Å². The maximum atomic E-state index is 12.1. The summed E-state index contributed by atoms with van der Waals surface area (Å²) in [6, 6.07) is 7.34. The lowest BCUT2D eigenvalue weighted by Crippen LogP contribution is -2.32. The van der Waals surface area contributed by atoms with Crippen LogP contribution in [-0.2, 0) is 4.79 Å². The van der Waals surface area contributed by atoms with Crippen LogP contribution in [0.25, 0.3) is 0 Å². The first-order chi connectivity index (χ1) is 6.87. The maximum Gasteiger partial charge on any atom is 0.176 e. The van der Waals surface area contributed by atoms with Crippen molar-refractivity contribution >= 4 is 11.6 Å². The second-order valence-electron chi connectivity index (χ2n) is 4.33. The average Bonchev–Trinajstić information content (AvgIpc) is 2.17. The second-order valence-corrected chi connectivity index (χ2v) is 4.33. The molecule has 0 saturated carbocycles. The fourth-order valence-electron chi connectivity index (χ4n) is 1.32. The highest BCUT2D eigenvalue weighted by Crippen LogP contribution is 2.24. The van der Waals surface area contributed by atoms with E-state index in [0.717, 1.165) is 5.56 Å². The first-order valence-corrected chi connectivity index (χ1v) is 4.99. The normalized spacial score (nSPS) is 11.2. The molecule has 0 aliphatic carbocycles. The molecule has 0 aliphatic heterocycles. The molecule has 80 valence electrons. The smallest absolute Gasteiger partial charge is 0.176 e. The van der Waals surface area contributed by atoms with Crippen molar-refractivity contribution in [1.82, 2.24) is 0 Å². The van der Waals surface area contributed by atoms with E-state index in [0.29, 0.717) is 5.56 Å². The molecule has 0 fully saturated rings. The number of hydrogen-bond acceptors (Lipinski definition) is 2. The van der Waals surface area contributed by atoms with Crippen molar-refractivity contribution in [3.8, 4) is 0 Å². The number of ketones is 2. The largest absolute Gasteiger partial charge is 0.299 e. The van der Waals surface area contributed by atoms with Crippen LogP contribution in [-0.4, -0.2) is 11.6 Å². The summed E-state index contributed by atoms with van der Waals surface area (Å²) in [5.41, 5.74) is 0.626. The van der Waals surface area contributed by atoms with Gasteiger partial charge in [0.25, 0.3) is 0 Å². The number of hydrogen-bond donors (Lipinski definition) is 0. The van der Waals surface area contributed by atoms with Crippen LogP contribution in [0.5, 0.6) is 0 Å². The maximum absolute atomic E-state index is 12.1. The SMILES string of the molecule is CC(=O)C(C)(C)C(=O)c1ccccc1C. The zero-order valence-corrected chi connectivity index (χ0v) is 9.63. The number of carbonyl (C=O) groups excluding carboxylic acids is 2. The summed E-state index contributed by atoms with van der Waals surface area (Å²) in [4.78, 5) is 23.5. The van der Waals surface area contributed by atoms with Gasteiger partial charge < -0.3 is 0 Å². The van der Waals surface area contributed by atoms with E-state index in [-0.39, 0.29) is 11.6 Å². The second kappa shape index (κ2) is 3.97. The zero-order chi connectivity index (χ0) is 11.6. The number of rotatable bonds is 3. The molecule has 0 radical (unpaired) electrons. The predicted octanol–water partition coefficient (Wildman–Crippen LogP) is 2.79. The molecule has 2 heteroatoms. The highest BCUT2D eigenvalue weighted by molar-refractivity contribution is 6.13. The Morgan fingerprint density at radius 1 is 1.13 bits per heavy atom. The quantitative estimate of drug-likeness (QED) is 0.560. The molecule has 2 nitrogen and oxygen atoms in total. The van der Waals surface area contributed by atoms with E-state index in [1.807, 2.05) is 25.1 Å². The molecule has 0 unspecified atom stereocenters. The first-order valence-electron chi connectivity index (χ1n) is 4.99. The Morgan fingerprint density at radius 2 is 1.67 bits per heavy atom. The van der Waals surface area contributed by atoms with Crippen molar-refractivity contribution < 1.29 is 9.59 Å². The molecular weight excluding hydrogens is 188 g/mol. The van der Waals surface area contributed by atoms with Crippen LogP contribution in [0.1, 0.15) is 36.7 Å². The van der Waals surface area contributed by atoms with Crippen LogP contribution in [0.15, 0.2) is 24.3 Å². The highest BCUT2D eigenvalue weighted by Gasteiger charge is 2.33. The average molecular weight is 204 g/mol. The molecule has 0 heterocycles. The molecule has 15 heavy (non-hydrogen) atoms. The number of carbonyl (C=O) groups is 2. The van der Waals surface area contributed by atoms with Crippen LogP contribution in [0, 0.1) is 12.3 Å². The minimum Gasteiger partial charge on any atom is -0.299 e. The van der Waals surface area contributed by atoms with Crippen molar-refractivity contribution in [2.45, 2.75) is 27.7 Å². The summed E-state index contributed by atoms with van der Waals surface area (Å²) >= 11 is 0. The van der Waals surface area contributed by atoms with Gasteiger partial charge in [-0.2, -0.15) is 0 Å². The van der Waals surface area contributed by atoms with Crippen molar-refractivity contribution in [3.63, 3.8) is 0 Å². The van der Waals surface area contributed by atoms with E-state index in [1.54, 1.807) is 19.9 Å². The molecule has 1 aromatic rings. The van der Waals surface area contributed by atoms with Crippen LogP contribution >= 0.6 is 0 Å². The monoisotopic (exact) mass is 204 g/mol. The molecule has 0 N–H and O–H groups in total. The lowest BCUT2D eigenvalue weighted by atomic mass is 9.80. The third-order valence-corrected chi connectivity index (χ3v) is 2.84. The van der Waals surface area contributed by atoms with Gasteiger partial charge in [-0.15, -0.1) is 0 Å². The molecule has 1 rings (SSSR count). The molecule has 0 spiro atoms. The van der Waals surface area contributed by atoms with Gasteiger partial charge in [0.05, 0.1) is 5.41 Å². The minimum absolute atomic E-state index is 0.101. The lowest BCUT2D eigenvalue weighted by molar-refractivity contribution is -0.122. The Kier molecular flexibility index (Phi) is 3.08. The standard InChI is InChI=1S/C13H16O2/c1-9-7-5-6-8-11(9)12(15)13(3,4)10(2)14/h5-8H,1-4H3. The van der Waals surface area contributed by atoms with Crippen molar-refractivity contribution in [3.05, 3.63) is 35.4 Å². The Morgan fingerprint density at radius 3 is 2.13 bits per heavy atom. The molecular formula is C13H16O2. The topological polar surface area (TPSA) is 34.1 Å². The molecule has 0 aromatic heterocycles. The van der Waals surface area contributed by atoms with E-state index in [1.165, 1.54) is 6.92 Å². The van der Waals surface area contributed by atoms with Gasteiger partial charge in [0.2, 0.25) is 0 Å². The Hall–Kier alpha value is -1.44.